The number of fused-ring (bicyclic) bond motifs is 1. The van der Waals surface area contributed by atoms with Gasteiger partial charge in [-0.05, 0) is 26.0 Å². The number of H-pyrrole nitrogens is 1. The fraction of sp³-hybridized carbons (Fsp3) is 0.300. The summed E-state index contributed by atoms with van der Waals surface area (Å²) in [5.41, 5.74) is 2.17. The van der Waals surface area contributed by atoms with Gasteiger partial charge in [-0.25, -0.2) is 15.0 Å². The van der Waals surface area contributed by atoms with Gasteiger partial charge in [0.1, 0.15) is 23.1 Å². The molecule has 0 amide bonds. The van der Waals surface area contributed by atoms with E-state index in [0.717, 1.165) is 11.3 Å². The van der Waals surface area contributed by atoms with Crippen molar-refractivity contribution in [1.82, 2.24) is 24.5 Å². The predicted octanol–water partition coefficient (Wildman–Crippen LogP) is 3.24. The smallest absolute Gasteiger partial charge is 0.279 e. The third-order valence-electron chi connectivity index (χ3n) is 4.68. The molecule has 1 aromatic carbocycles. The van der Waals surface area contributed by atoms with Crippen molar-refractivity contribution in [2.45, 2.75) is 24.8 Å². The number of rotatable bonds is 6. The van der Waals surface area contributed by atoms with Crippen molar-refractivity contribution in [2.75, 3.05) is 14.2 Å². The first-order valence-electron chi connectivity index (χ1n) is 9.16. The van der Waals surface area contributed by atoms with E-state index < -0.39 is 0 Å². The van der Waals surface area contributed by atoms with Crippen molar-refractivity contribution in [3.05, 3.63) is 45.8 Å². The molecule has 0 aliphatic heterocycles. The number of nitrogens with zero attached hydrogens (tertiary/aromatic N) is 4. The Balaban J connectivity index is 1.61. The Morgan fingerprint density at radius 2 is 1.97 bits per heavy atom. The van der Waals surface area contributed by atoms with Crippen LogP contribution in [0.15, 0.2) is 32.6 Å². The maximum Gasteiger partial charge on any atom is 0.279 e. The van der Waals surface area contributed by atoms with Crippen molar-refractivity contribution in [3.8, 4) is 23.0 Å². The van der Waals surface area contributed by atoms with Gasteiger partial charge in [-0.3, -0.25) is 4.79 Å². The van der Waals surface area contributed by atoms with E-state index in [1.165, 1.54) is 11.8 Å². The molecule has 0 spiro atoms. The van der Waals surface area contributed by atoms with E-state index in [2.05, 4.69) is 19.9 Å². The van der Waals surface area contributed by atoms with Gasteiger partial charge in [0.15, 0.2) is 16.3 Å². The van der Waals surface area contributed by atoms with Crippen molar-refractivity contribution >= 4 is 22.9 Å². The summed E-state index contributed by atoms with van der Waals surface area (Å²) in [5.74, 6) is 3.57. The summed E-state index contributed by atoms with van der Waals surface area (Å²) in [4.78, 5) is 28.3. The minimum atomic E-state index is -0.244. The lowest BCUT2D eigenvalue weighted by atomic mass is 10.2. The van der Waals surface area contributed by atoms with Crippen LogP contribution < -0.4 is 15.0 Å². The Kier molecular flexibility index (Phi) is 5.25. The molecule has 0 aliphatic rings. The standard InChI is InChI=1S/C20H21N5O4S/c1-10-14(23-19(29-10)13-7-6-12(27-4)8-15(13)28-5)9-30-20-24-16-17(25(20)3)21-11(2)22-18(16)26/h6-8H,9H2,1-5H3,(H,21,22,26). The summed E-state index contributed by atoms with van der Waals surface area (Å²) in [6, 6.07) is 5.47. The molecule has 3 aromatic heterocycles. The highest BCUT2D eigenvalue weighted by atomic mass is 32.2. The van der Waals surface area contributed by atoms with Gasteiger partial charge in [0.2, 0.25) is 5.89 Å². The fourth-order valence-electron chi connectivity index (χ4n) is 3.08. The van der Waals surface area contributed by atoms with Gasteiger partial charge in [0.05, 0.1) is 25.5 Å². The molecule has 0 fully saturated rings. The number of thioether (sulfide) groups is 1. The summed E-state index contributed by atoms with van der Waals surface area (Å²) in [6.07, 6.45) is 0. The molecule has 156 valence electrons. The van der Waals surface area contributed by atoms with Crippen molar-refractivity contribution < 1.29 is 13.9 Å². The molecule has 10 heteroatoms. The Hall–Kier alpha value is -3.27. The lowest BCUT2D eigenvalue weighted by molar-refractivity contribution is 0.394. The van der Waals surface area contributed by atoms with Gasteiger partial charge in [-0.15, -0.1) is 0 Å². The van der Waals surface area contributed by atoms with Crippen molar-refractivity contribution in [3.63, 3.8) is 0 Å². The quantitative estimate of drug-likeness (QED) is 0.467. The Labute approximate surface area is 176 Å². The highest BCUT2D eigenvalue weighted by Crippen LogP contribution is 2.34. The topological polar surface area (TPSA) is 108 Å². The maximum absolute atomic E-state index is 12.1. The summed E-state index contributed by atoms with van der Waals surface area (Å²) in [6.45, 7) is 3.61. The van der Waals surface area contributed by atoms with E-state index >= 15 is 0 Å². The monoisotopic (exact) mass is 427 g/mol. The molecule has 0 radical (unpaired) electrons. The Morgan fingerprint density at radius 3 is 2.70 bits per heavy atom. The molecule has 0 saturated carbocycles. The molecule has 0 atom stereocenters. The van der Waals surface area contributed by atoms with Crippen LogP contribution in [0, 0.1) is 13.8 Å². The van der Waals surface area contributed by atoms with Gasteiger partial charge in [-0.2, -0.15) is 0 Å². The number of aromatic amines is 1. The summed E-state index contributed by atoms with van der Waals surface area (Å²) in [5, 5.41) is 0.680. The number of benzene rings is 1. The van der Waals surface area contributed by atoms with Crippen LogP contribution in [0.1, 0.15) is 17.3 Å². The molecule has 4 rings (SSSR count). The third-order valence-corrected chi connectivity index (χ3v) is 5.72. The summed E-state index contributed by atoms with van der Waals surface area (Å²) < 4.78 is 18.4. The second kappa shape index (κ2) is 7.86. The van der Waals surface area contributed by atoms with Crippen LogP contribution in [-0.2, 0) is 12.8 Å². The highest BCUT2D eigenvalue weighted by molar-refractivity contribution is 7.98. The van der Waals surface area contributed by atoms with E-state index in [9.17, 15) is 4.79 Å². The highest BCUT2D eigenvalue weighted by Gasteiger charge is 2.18. The molecule has 4 aromatic rings. The average Bonchev–Trinajstić information content (AvgIpc) is 3.26. The minimum absolute atomic E-state index is 0.244. The number of oxazole rings is 1. The molecule has 30 heavy (non-hydrogen) atoms. The lowest BCUT2D eigenvalue weighted by Gasteiger charge is -2.07. The Morgan fingerprint density at radius 1 is 1.17 bits per heavy atom. The molecule has 9 nitrogen and oxygen atoms in total. The molecule has 0 bridgehead atoms. The van der Waals surface area contributed by atoms with Crippen LogP contribution in [0.5, 0.6) is 11.5 Å². The van der Waals surface area contributed by atoms with Crippen LogP contribution in [0.4, 0.5) is 0 Å². The largest absolute Gasteiger partial charge is 0.497 e. The fourth-order valence-corrected chi connectivity index (χ4v) is 4.04. The van der Waals surface area contributed by atoms with Crippen LogP contribution >= 0.6 is 11.8 Å². The molecule has 0 saturated heterocycles. The summed E-state index contributed by atoms with van der Waals surface area (Å²) in [7, 11) is 5.03. The van der Waals surface area contributed by atoms with Gasteiger partial charge < -0.3 is 23.4 Å². The third kappa shape index (κ3) is 3.54. The maximum atomic E-state index is 12.1. The average molecular weight is 427 g/mol. The number of methoxy groups -OCH3 is 2. The number of aromatic nitrogens is 5. The van der Waals surface area contributed by atoms with Crippen molar-refractivity contribution in [2.24, 2.45) is 7.05 Å². The molecular weight excluding hydrogens is 406 g/mol. The number of aryl methyl sites for hydroxylation is 3. The first-order chi connectivity index (χ1) is 14.4. The zero-order chi connectivity index (χ0) is 21.4. The van der Waals surface area contributed by atoms with E-state index in [-0.39, 0.29) is 5.56 Å². The number of imidazole rings is 1. The second-order valence-electron chi connectivity index (χ2n) is 6.65. The molecular formula is C20H21N5O4S. The molecule has 1 N–H and O–H groups in total. The van der Waals surface area contributed by atoms with Crippen LogP contribution in [0.25, 0.3) is 22.6 Å². The minimum Gasteiger partial charge on any atom is -0.497 e. The van der Waals surface area contributed by atoms with Crippen LogP contribution in [0.2, 0.25) is 0 Å². The number of ether oxygens (including phenoxy) is 2. The van der Waals surface area contributed by atoms with E-state index in [4.69, 9.17) is 13.9 Å². The Bertz CT molecular complexity index is 1290. The van der Waals surface area contributed by atoms with Crippen molar-refractivity contribution in [1.29, 1.82) is 0 Å². The number of hydrogen-bond donors (Lipinski definition) is 1. The predicted molar refractivity (Wildman–Crippen MR) is 113 cm³/mol. The van der Waals surface area contributed by atoms with E-state index in [0.29, 0.717) is 51.0 Å². The lowest BCUT2D eigenvalue weighted by Crippen LogP contribution is -2.10. The van der Waals surface area contributed by atoms with Gasteiger partial charge in [0.25, 0.3) is 5.56 Å². The van der Waals surface area contributed by atoms with Crippen LogP contribution in [-0.4, -0.2) is 38.7 Å². The SMILES string of the molecule is COc1ccc(-c2nc(CSc3nc4c(=O)[nH]c(C)nc4n3C)c(C)o2)c(OC)c1. The zero-order valence-corrected chi connectivity index (χ0v) is 18.1. The van der Waals surface area contributed by atoms with Crippen LogP contribution in [0.3, 0.4) is 0 Å². The first kappa shape index (κ1) is 20.0. The van der Waals surface area contributed by atoms with E-state index in [1.54, 1.807) is 27.2 Å². The van der Waals surface area contributed by atoms with E-state index in [1.807, 2.05) is 30.7 Å². The molecule has 3 heterocycles. The number of hydrogen-bond acceptors (Lipinski definition) is 8. The second-order valence-corrected chi connectivity index (χ2v) is 7.60. The molecule has 0 aliphatic carbocycles. The van der Waals surface area contributed by atoms with Gasteiger partial charge in [0, 0.05) is 18.9 Å². The normalized spacial score (nSPS) is 11.2. The molecule has 0 unspecified atom stereocenters. The van der Waals surface area contributed by atoms with Gasteiger partial charge >= 0.3 is 0 Å². The van der Waals surface area contributed by atoms with Gasteiger partial charge in [-0.1, -0.05) is 11.8 Å². The first-order valence-corrected chi connectivity index (χ1v) is 10.1. The summed E-state index contributed by atoms with van der Waals surface area (Å²) >= 11 is 1.46. The zero-order valence-electron chi connectivity index (χ0n) is 17.3. The number of nitrogens with one attached hydrogen (secondary N) is 1.